The van der Waals surface area contributed by atoms with Gasteiger partial charge in [0.2, 0.25) is 0 Å². The zero-order valence-electron chi connectivity index (χ0n) is 16.5. The fraction of sp³-hybridized carbons (Fsp3) is 0.600. The molecule has 166 valence electrons. The number of fused-ring (bicyclic) bond motifs is 1. The summed E-state index contributed by atoms with van der Waals surface area (Å²) in [5.41, 5.74) is -0.239. The van der Waals surface area contributed by atoms with Crippen molar-refractivity contribution in [2.24, 2.45) is 5.92 Å². The average Bonchev–Trinajstić information content (AvgIpc) is 2.72. The number of H-pyrrole nitrogens is 1. The van der Waals surface area contributed by atoms with Crippen molar-refractivity contribution >= 4 is 35.1 Å². The van der Waals surface area contributed by atoms with Gasteiger partial charge in [0.25, 0.3) is 5.56 Å². The van der Waals surface area contributed by atoms with Gasteiger partial charge in [-0.2, -0.15) is 11.8 Å². The molecule has 1 aromatic heterocycles. The Kier molecular flexibility index (Phi) is 8.33. The minimum Gasteiger partial charge on any atom is -0.493 e. The Hall–Kier alpha value is -1.42. The predicted octanol–water partition coefficient (Wildman–Crippen LogP) is 3.22. The molecule has 30 heavy (non-hydrogen) atoms. The number of halogens is 3. The highest BCUT2D eigenvalue weighted by atomic mass is 35.5. The van der Waals surface area contributed by atoms with Gasteiger partial charge in [-0.15, -0.1) is 12.4 Å². The number of hydrogen-bond acceptors (Lipinski definition) is 6. The Labute approximate surface area is 183 Å². The third-order valence-corrected chi connectivity index (χ3v) is 6.80. The van der Waals surface area contributed by atoms with Crippen molar-refractivity contribution < 1.29 is 18.3 Å². The normalized spacial score (nSPS) is 22.6. The van der Waals surface area contributed by atoms with E-state index in [-0.39, 0.29) is 41.6 Å². The molecule has 2 atom stereocenters. The van der Waals surface area contributed by atoms with Gasteiger partial charge in [-0.05, 0) is 25.8 Å². The minimum absolute atomic E-state index is 0. The molecule has 0 amide bonds. The van der Waals surface area contributed by atoms with Crippen LogP contribution in [0.5, 0.6) is 5.75 Å². The summed E-state index contributed by atoms with van der Waals surface area (Å²) in [5, 5.41) is 3.38. The van der Waals surface area contributed by atoms with Crippen LogP contribution < -0.4 is 15.6 Å². The standard InChI is InChI=1S/C20H25F2N3O3S.ClH/c21-15-7-13(28-10-12-1-4-23-9-16(12)22)8-17-19(15)20(26)25-18(24-17)11-29-14-2-5-27-6-3-14;/h7-8,12,14,16,23H,1-6,9-11H2,(H,24,25,26);1H/t12-,16+;/m0./s1. The summed E-state index contributed by atoms with van der Waals surface area (Å²) in [7, 11) is 0. The number of alkyl halides is 1. The van der Waals surface area contributed by atoms with Gasteiger partial charge in [-0.1, -0.05) is 0 Å². The second kappa shape index (κ2) is 10.7. The summed E-state index contributed by atoms with van der Waals surface area (Å²) in [6, 6.07) is 2.73. The molecule has 0 bridgehead atoms. The van der Waals surface area contributed by atoms with Crippen LogP contribution in [0.4, 0.5) is 8.78 Å². The molecule has 2 N–H and O–H groups in total. The molecule has 2 aromatic rings. The topological polar surface area (TPSA) is 76.2 Å². The van der Waals surface area contributed by atoms with Gasteiger partial charge in [-0.25, -0.2) is 13.8 Å². The fourth-order valence-electron chi connectivity index (χ4n) is 3.70. The number of rotatable bonds is 6. The third kappa shape index (κ3) is 5.63. The molecule has 0 radical (unpaired) electrons. The minimum atomic E-state index is -0.983. The summed E-state index contributed by atoms with van der Waals surface area (Å²) in [4.78, 5) is 19.5. The third-order valence-electron chi connectivity index (χ3n) is 5.41. The van der Waals surface area contributed by atoms with Crippen LogP contribution >= 0.6 is 24.2 Å². The number of aromatic nitrogens is 2. The number of hydrogen-bond donors (Lipinski definition) is 2. The molecule has 2 aliphatic rings. The Balaban J connectivity index is 0.00000256. The summed E-state index contributed by atoms with van der Waals surface area (Å²) in [6.45, 7) is 2.73. The lowest BCUT2D eigenvalue weighted by Crippen LogP contribution is -2.40. The predicted molar refractivity (Wildman–Crippen MR) is 116 cm³/mol. The summed E-state index contributed by atoms with van der Waals surface area (Å²) in [5.74, 6) is 0.409. The Morgan fingerprint density at radius 3 is 2.83 bits per heavy atom. The van der Waals surface area contributed by atoms with E-state index in [0.29, 0.717) is 29.8 Å². The van der Waals surface area contributed by atoms with Crippen molar-refractivity contribution in [3.05, 3.63) is 34.1 Å². The van der Waals surface area contributed by atoms with Crippen LogP contribution in [0.2, 0.25) is 0 Å². The fourth-order valence-corrected chi connectivity index (χ4v) is 4.76. The number of nitrogens with one attached hydrogen (secondary N) is 2. The molecule has 10 heteroatoms. The van der Waals surface area contributed by atoms with E-state index < -0.39 is 17.5 Å². The SMILES string of the molecule is Cl.O=c1[nH]c(CSC2CCOCC2)nc2cc(OC[C@@H]3CCNC[C@H]3F)cc(F)c12. The first-order valence-corrected chi connectivity index (χ1v) is 11.0. The van der Waals surface area contributed by atoms with Gasteiger partial charge in [-0.3, -0.25) is 4.79 Å². The van der Waals surface area contributed by atoms with Gasteiger partial charge in [0.05, 0.1) is 17.9 Å². The second-order valence-corrected chi connectivity index (χ2v) is 8.80. The lowest BCUT2D eigenvalue weighted by atomic mass is 9.97. The summed E-state index contributed by atoms with van der Waals surface area (Å²) < 4.78 is 39.5. The van der Waals surface area contributed by atoms with E-state index in [9.17, 15) is 13.6 Å². The molecule has 0 spiro atoms. The lowest BCUT2D eigenvalue weighted by Gasteiger charge is -2.26. The molecule has 2 aliphatic heterocycles. The van der Waals surface area contributed by atoms with Crippen LogP contribution in [-0.2, 0) is 10.5 Å². The van der Waals surface area contributed by atoms with Crippen LogP contribution in [0.3, 0.4) is 0 Å². The van der Waals surface area contributed by atoms with Crippen molar-refractivity contribution in [2.45, 2.75) is 36.4 Å². The van der Waals surface area contributed by atoms with Crippen LogP contribution in [0.1, 0.15) is 25.1 Å². The van der Waals surface area contributed by atoms with Gasteiger partial charge in [0, 0.05) is 43.1 Å². The zero-order chi connectivity index (χ0) is 20.2. The highest BCUT2D eigenvalue weighted by Gasteiger charge is 2.25. The molecule has 0 aliphatic carbocycles. The molecular weight excluding hydrogens is 436 g/mol. The molecule has 0 saturated carbocycles. The quantitative estimate of drug-likeness (QED) is 0.688. The molecule has 1 aromatic carbocycles. The van der Waals surface area contributed by atoms with Gasteiger partial charge in [0.1, 0.15) is 28.9 Å². The van der Waals surface area contributed by atoms with Crippen LogP contribution in [0, 0.1) is 11.7 Å². The molecular formula is C20H26ClF2N3O3S. The maximum atomic E-state index is 14.5. The Morgan fingerprint density at radius 2 is 2.07 bits per heavy atom. The molecule has 2 saturated heterocycles. The van der Waals surface area contributed by atoms with Crippen molar-refractivity contribution in [1.82, 2.24) is 15.3 Å². The zero-order valence-corrected chi connectivity index (χ0v) is 18.1. The second-order valence-electron chi connectivity index (χ2n) is 7.51. The van der Waals surface area contributed by atoms with Gasteiger partial charge < -0.3 is 19.8 Å². The number of ether oxygens (including phenoxy) is 2. The largest absolute Gasteiger partial charge is 0.493 e. The highest BCUT2D eigenvalue weighted by molar-refractivity contribution is 7.99. The van der Waals surface area contributed by atoms with Crippen LogP contribution in [0.15, 0.2) is 16.9 Å². The molecule has 0 unspecified atom stereocenters. The van der Waals surface area contributed by atoms with Crippen LogP contribution in [0.25, 0.3) is 10.9 Å². The Bertz CT molecular complexity index is 911. The van der Waals surface area contributed by atoms with Crippen molar-refractivity contribution in [3.63, 3.8) is 0 Å². The highest BCUT2D eigenvalue weighted by Crippen LogP contribution is 2.26. The van der Waals surface area contributed by atoms with E-state index >= 15 is 0 Å². The summed E-state index contributed by atoms with van der Waals surface area (Å²) in [6.07, 6.45) is 1.63. The van der Waals surface area contributed by atoms with E-state index in [2.05, 4.69) is 15.3 Å². The molecule has 4 rings (SSSR count). The van der Waals surface area contributed by atoms with Crippen molar-refractivity contribution in [2.75, 3.05) is 32.9 Å². The molecule has 2 fully saturated rings. The van der Waals surface area contributed by atoms with E-state index in [0.717, 1.165) is 32.6 Å². The summed E-state index contributed by atoms with van der Waals surface area (Å²) >= 11 is 1.72. The first kappa shape index (κ1) is 23.2. The molecule has 3 heterocycles. The Morgan fingerprint density at radius 1 is 1.27 bits per heavy atom. The smallest absolute Gasteiger partial charge is 0.261 e. The first-order chi connectivity index (χ1) is 14.1. The maximum absolute atomic E-state index is 14.5. The van der Waals surface area contributed by atoms with Gasteiger partial charge >= 0.3 is 0 Å². The monoisotopic (exact) mass is 461 g/mol. The van der Waals surface area contributed by atoms with E-state index in [1.54, 1.807) is 17.8 Å². The first-order valence-electron chi connectivity index (χ1n) is 9.99. The van der Waals surface area contributed by atoms with Crippen molar-refractivity contribution in [1.29, 1.82) is 0 Å². The number of piperidine rings is 1. The maximum Gasteiger partial charge on any atom is 0.261 e. The van der Waals surface area contributed by atoms with E-state index in [4.69, 9.17) is 9.47 Å². The molecule has 6 nitrogen and oxygen atoms in total. The number of nitrogens with zero attached hydrogens (tertiary/aromatic N) is 1. The lowest BCUT2D eigenvalue weighted by molar-refractivity contribution is 0.1000. The van der Waals surface area contributed by atoms with Gasteiger partial charge in [0.15, 0.2) is 0 Å². The van der Waals surface area contributed by atoms with Crippen LogP contribution in [-0.4, -0.2) is 54.3 Å². The average molecular weight is 462 g/mol. The number of benzene rings is 1. The number of aromatic amines is 1. The van der Waals surface area contributed by atoms with Crippen molar-refractivity contribution in [3.8, 4) is 5.75 Å². The number of thioether (sulfide) groups is 1. The van der Waals surface area contributed by atoms with E-state index in [1.165, 1.54) is 6.07 Å². The van der Waals surface area contributed by atoms with E-state index in [1.807, 2.05) is 0 Å².